The standard InChI is InChI=1S/C25H37N3O2/c1-5-7-9-16-24(29)28(21(3)6-2)20-25(30)27(18-22-13-10-8-11-14-22)19-23-15-12-17-26(23)4/h8,10-15,17,21H,5-7,9,16,18-20H2,1-4H3. The predicted octanol–water partition coefficient (Wildman–Crippen LogP) is 4.76. The second kappa shape index (κ2) is 12.2. The minimum atomic E-state index is -0.0100. The van der Waals surface area contributed by atoms with Gasteiger partial charge >= 0.3 is 0 Å². The van der Waals surface area contributed by atoms with Gasteiger partial charge in [0.2, 0.25) is 11.8 Å². The second-order valence-electron chi connectivity index (χ2n) is 8.08. The molecule has 164 valence electrons. The van der Waals surface area contributed by atoms with Crippen molar-refractivity contribution in [3.8, 4) is 0 Å². The first-order valence-corrected chi connectivity index (χ1v) is 11.2. The molecular formula is C25H37N3O2. The highest BCUT2D eigenvalue weighted by molar-refractivity contribution is 5.85. The van der Waals surface area contributed by atoms with Gasteiger partial charge in [0.25, 0.3) is 0 Å². The van der Waals surface area contributed by atoms with E-state index < -0.39 is 0 Å². The fourth-order valence-electron chi connectivity index (χ4n) is 3.52. The number of aromatic nitrogens is 1. The van der Waals surface area contributed by atoms with Crippen LogP contribution in [0.25, 0.3) is 0 Å². The van der Waals surface area contributed by atoms with Gasteiger partial charge in [-0.1, -0.05) is 57.0 Å². The van der Waals surface area contributed by atoms with Crippen LogP contribution >= 0.6 is 0 Å². The highest BCUT2D eigenvalue weighted by Crippen LogP contribution is 2.14. The lowest BCUT2D eigenvalue weighted by Gasteiger charge is -2.31. The molecule has 0 bridgehead atoms. The van der Waals surface area contributed by atoms with Crippen molar-refractivity contribution in [3.05, 3.63) is 59.9 Å². The summed E-state index contributed by atoms with van der Waals surface area (Å²) in [5.74, 6) is 0.0777. The van der Waals surface area contributed by atoms with Gasteiger partial charge in [0.05, 0.1) is 6.54 Å². The monoisotopic (exact) mass is 411 g/mol. The van der Waals surface area contributed by atoms with Gasteiger partial charge in [-0.25, -0.2) is 0 Å². The zero-order chi connectivity index (χ0) is 21.9. The minimum absolute atomic E-state index is 0.0100. The Bertz CT molecular complexity index is 785. The molecule has 0 saturated carbocycles. The predicted molar refractivity (Wildman–Crippen MR) is 122 cm³/mol. The molecule has 2 rings (SSSR count). The summed E-state index contributed by atoms with van der Waals surface area (Å²) in [6.45, 7) is 7.42. The zero-order valence-electron chi connectivity index (χ0n) is 19.0. The number of aryl methyl sites for hydroxylation is 1. The first-order valence-electron chi connectivity index (χ1n) is 11.2. The van der Waals surface area contributed by atoms with Crippen LogP contribution in [-0.4, -0.2) is 38.8 Å². The van der Waals surface area contributed by atoms with Crippen LogP contribution in [0.5, 0.6) is 0 Å². The fraction of sp³-hybridized carbons (Fsp3) is 0.520. The van der Waals surface area contributed by atoms with Crippen LogP contribution in [0.3, 0.4) is 0 Å². The van der Waals surface area contributed by atoms with Gasteiger partial charge in [0.15, 0.2) is 0 Å². The van der Waals surface area contributed by atoms with Gasteiger partial charge in [0, 0.05) is 37.9 Å². The maximum Gasteiger partial charge on any atom is 0.242 e. The summed E-state index contributed by atoms with van der Waals surface area (Å²) in [7, 11) is 1.99. The Hall–Kier alpha value is -2.56. The van der Waals surface area contributed by atoms with E-state index in [4.69, 9.17) is 0 Å². The van der Waals surface area contributed by atoms with Crippen molar-refractivity contribution in [3.63, 3.8) is 0 Å². The molecule has 0 N–H and O–H groups in total. The molecule has 5 heteroatoms. The molecule has 1 aromatic carbocycles. The van der Waals surface area contributed by atoms with Crippen LogP contribution in [0, 0.1) is 0 Å². The van der Waals surface area contributed by atoms with Crippen LogP contribution in [0.15, 0.2) is 48.7 Å². The third kappa shape index (κ3) is 7.05. The molecular weight excluding hydrogens is 374 g/mol. The summed E-state index contributed by atoms with van der Waals surface area (Å²) >= 11 is 0. The quantitative estimate of drug-likeness (QED) is 0.473. The first-order chi connectivity index (χ1) is 14.5. The maximum atomic E-state index is 13.4. The lowest BCUT2D eigenvalue weighted by Crippen LogP contribution is -2.46. The zero-order valence-corrected chi connectivity index (χ0v) is 19.0. The molecule has 0 radical (unpaired) electrons. The van der Waals surface area contributed by atoms with Crippen LogP contribution < -0.4 is 0 Å². The van der Waals surface area contributed by atoms with Crippen molar-refractivity contribution in [2.75, 3.05) is 6.54 Å². The van der Waals surface area contributed by atoms with E-state index in [0.29, 0.717) is 19.5 Å². The molecule has 0 aliphatic heterocycles. The van der Waals surface area contributed by atoms with Crippen molar-refractivity contribution in [2.45, 2.75) is 72.0 Å². The molecule has 0 saturated heterocycles. The van der Waals surface area contributed by atoms with Crippen LogP contribution in [-0.2, 0) is 29.7 Å². The SMILES string of the molecule is CCCCCC(=O)N(CC(=O)N(Cc1ccccc1)Cc1cccn1C)C(C)CC. The molecule has 0 spiro atoms. The Morgan fingerprint density at radius 2 is 1.70 bits per heavy atom. The second-order valence-corrected chi connectivity index (χ2v) is 8.08. The number of rotatable bonds is 12. The number of hydrogen-bond donors (Lipinski definition) is 0. The molecule has 2 amide bonds. The van der Waals surface area contributed by atoms with Crippen molar-refractivity contribution in [2.24, 2.45) is 7.05 Å². The Kier molecular flexibility index (Phi) is 9.65. The van der Waals surface area contributed by atoms with E-state index in [1.54, 1.807) is 4.90 Å². The largest absolute Gasteiger partial charge is 0.353 e. The Balaban J connectivity index is 2.16. The topological polar surface area (TPSA) is 45.6 Å². The van der Waals surface area contributed by atoms with Crippen molar-refractivity contribution in [1.29, 1.82) is 0 Å². The van der Waals surface area contributed by atoms with Crippen LogP contribution in [0.2, 0.25) is 0 Å². The number of carbonyl (C=O) groups is 2. The van der Waals surface area contributed by atoms with E-state index in [1.165, 1.54) is 0 Å². The van der Waals surface area contributed by atoms with Gasteiger partial charge in [-0.05, 0) is 37.5 Å². The smallest absolute Gasteiger partial charge is 0.242 e. The summed E-state index contributed by atoms with van der Waals surface area (Å²) in [5, 5.41) is 0. The summed E-state index contributed by atoms with van der Waals surface area (Å²) in [6.07, 6.45) is 6.35. The minimum Gasteiger partial charge on any atom is -0.353 e. The van der Waals surface area contributed by atoms with Crippen LogP contribution in [0.1, 0.15) is 64.1 Å². The first kappa shape index (κ1) is 23.7. The normalized spacial score (nSPS) is 11.9. The Morgan fingerprint density at radius 3 is 2.30 bits per heavy atom. The van der Waals surface area contributed by atoms with Crippen LogP contribution in [0.4, 0.5) is 0 Å². The van der Waals surface area contributed by atoms with Crippen molar-refractivity contribution >= 4 is 11.8 Å². The summed E-state index contributed by atoms with van der Waals surface area (Å²) in [6, 6.07) is 14.1. The fourth-order valence-corrected chi connectivity index (χ4v) is 3.52. The van der Waals surface area contributed by atoms with Crippen molar-refractivity contribution in [1.82, 2.24) is 14.4 Å². The average Bonchev–Trinajstić information content (AvgIpc) is 3.16. The maximum absolute atomic E-state index is 13.4. The van der Waals surface area contributed by atoms with Crippen molar-refractivity contribution < 1.29 is 9.59 Å². The van der Waals surface area contributed by atoms with Gasteiger partial charge in [-0.2, -0.15) is 0 Å². The van der Waals surface area contributed by atoms with E-state index >= 15 is 0 Å². The Labute approximate surface area is 181 Å². The Morgan fingerprint density at radius 1 is 0.967 bits per heavy atom. The number of unbranched alkanes of at least 4 members (excludes halogenated alkanes) is 2. The van der Waals surface area contributed by atoms with Gasteiger partial charge < -0.3 is 14.4 Å². The molecule has 1 heterocycles. The summed E-state index contributed by atoms with van der Waals surface area (Å²) in [5.41, 5.74) is 2.16. The highest BCUT2D eigenvalue weighted by Gasteiger charge is 2.25. The number of hydrogen-bond acceptors (Lipinski definition) is 2. The van der Waals surface area contributed by atoms with Gasteiger partial charge in [-0.15, -0.1) is 0 Å². The molecule has 0 aliphatic carbocycles. The summed E-state index contributed by atoms with van der Waals surface area (Å²) < 4.78 is 2.04. The van der Waals surface area contributed by atoms with Gasteiger partial charge in [-0.3, -0.25) is 9.59 Å². The molecule has 0 fully saturated rings. The number of benzene rings is 1. The highest BCUT2D eigenvalue weighted by atomic mass is 16.2. The molecule has 2 aromatic rings. The molecule has 5 nitrogen and oxygen atoms in total. The molecule has 0 aliphatic rings. The van der Waals surface area contributed by atoms with Gasteiger partial charge in [0.1, 0.15) is 6.54 Å². The number of carbonyl (C=O) groups excluding carboxylic acids is 2. The lowest BCUT2D eigenvalue weighted by atomic mass is 10.1. The number of nitrogens with zero attached hydrogens (tertiary/aromatic N) is 3. The van der Waals surface area contributed by atoms with E-state index in [-0.39, 0.29) is 24.4 Å². The molecule has 30 heavy (non-hydrogen) atoms. The third-order valence-corrected chi connectivity index (χ3v) is 5.72. The van der Waals surface area contributed by atoms with E-state index in [2.05, 4.69) is 13.8 Å². The lowest BCUT2D eigenvalue weighted by molar-refractivity contribution is -0.143. The molecule has 1 aromatic heterocycles. The number of amides is 2. The molecule has 1 atom stereocenters. The van der Waals surface area contributed by atoms with E-state index in [1.807, 2.05) is 72.1 Å². The average molecular weight is 412 g/mol. The summed E-state index contributed by atoms with van der Waals surface area (Å²) in [4.78, 5) is 29.9. The van der Waals surface area contributed by atoms with E-state index in [0.717, 1.165) is 36.9 Å². The molecule has 1 unspecified atom stereocenters. The van der Waals surface area contributed by atoms with E-state index in [9.17, 15) is 9.59 Å². The third-order valence-electron chi connectivity index (χ3n) is 5.72.